The van der Waals surface area contributed by atoms with Crippen LogP contribution in [0.25, 0.3) is 21.9 Å². The number of fused-ring (bicyclic) bond motifs is 3. The number of carbonyl (C=O) groups is 1. The van der Waals surface area contributed by atoms with Crippen LogP contribution in [0, 0.1) is 0 Å². The molecule has 8 heteroatoms. The summed E-state index contributed by atoms with van der Waals surface area (Å²) in [7, 11) is 3.21. The topological polar surface area (TPSA) is 99.2 Å². The minimum atomic E-state index is -1.26. The van der Waals surface area contributed by atoms with Gasteiger partial charge in [-0.25, -0.2) is 9.48 Å². The van der Waals surface area contributed by atoms with Crippen molar-refractivity contribution in [2.75, 3.05) is 7.11 Å². The highest BCUT2D eigenvalue weighted by Crippen LogP contribution is 2.30. The Bertz CT molecular complexity index is 971. The van der Waals surface area contributed by atoms with Crippen LogP contribution in [0.3, 0.4) is 0 Å². The molecule has 0 aliphatic heterocycles. The van der Waals surface area contributed by atoms with Crippen molar-refractivity contribution in [3.05, 3.63) is 28.0 Å². The van der Waals surface area contributed by atoms with E-state index in [9.17, 15) is 14.7 Å². The van der Waals surface area contributed by atoms with Crippen molar-refractivity contribution < 1.29 is 14.6 Å². The second kappa shape index (κ2) is 4.83. The molecule has 0 unspecified atom stereocenters. The number of ether oxygens (including phenoxy) is 1. The van der Waals surface area contributed by atoms with E-state index in [1.807, 2.05) is 6.92 Å². The zero-order valence-corrected chi connectivity index (χ0v) is 12.3. The molecule has 0 atom stereocenters. The third kappa shape index (κ3) is 1.77. The number of rotatable bonds is 3. The number of nitrogens with zero attached hydrogens (tertiary/aromatic N) is 4. The summed E-state index contributed by atoms with van der Waals surface area (Å²) in [5, 5.41) is 17.5. The Labute approximate surface area is 124 Å². The van der Waals surface area contributed by atoms with E-state index >= 15 is 0 Å². The van der Waals surface area contributed by atoms with Gasteiger partial charge in [0.25, 0.3) is 0 Å². The maximum atomic E-state index is 12.5. The standard InChI is InChI=1S/C14H14N4O4/c1-4-18-6-8(14(20)21)13(19)7-5-9(22-3)12-10(11(7)18)15-16-17(12)2/h5-6H,4H2,1-3H3,(H,20,21). The Morgan fingerprint density at radius 2 is 2.14 bits per heavy atom. The van der Waals surface area contributed by atoms with Crippen molar-refractivity contribution in [2.45, 2.75) is 13.5 Å². The number of aryl methyl sites for hydroxylation is 2. The third-order valence-electron chi connectivity index (χ3n) is 3.67. The molecule has 2 heterocycles. The largest absolute Gasteiger partial charge is 0.494 e. The molecule has 0 saturated heterocycles. The van der Waals surface area contributed by atoms with Gasteiger partial charge in [-0.15, -0.1) is 5.10 Å². The summed E-state index contributed by atoms with van der Waals surface area (Å²) in [6.45, 7) is 2.36. The van der Waals surface area contributed by atoms with Crippen molar-refractivity contribution in [3.8, 4) is 5.75 Å². The number of hydrogen-bond acceptors (Lipinski definition) is 5. The van der Waals surface area contributed by atoms with Gasteiger partial charge < -0.3 is 14.4 Å². The van der Waals surface area contributed by atoms with Crippen LogP contribution in [0.4, 0.5) is 0 Å². The molecule has 0 amide bonds. The average molecular weight is 302 g/mol. The monoisotopic (exact) mass is 302 g/mol. The Balaban J connectivity index is 2.63. The predicted molar refractivity (Wildman–Crippen MR) is 79.5 cm³/mol. The van der Waals surface area contributed by atoms with Crippen molar-refractivity contribution >= 4 is 27.9 Å². The molecule has 114 valence electrons. The van der Waals surface area contributed by atoms with Crippen LogP contribution in [0.1, 0.15) is 17.3 Å². The molecular formula is C14H14N4O4. The van der Waals surface area contributed by atoms with Crippen LogP contribution >= 0.6 is 0 Å². The van der Waals surface area contributed by atoms with Crippen LogP contribution in [-0.2, 0) is 13.6 Å². The average Bonchev–Trinajstić information content (AvgIpc) is 2.89. The summed E-state index contributed by atoms with van der Waals surface area (Å²) in [5.74, 6) is -0.829. The molecule has 8 nitrogen and oxygen atoms in total. The van der Waals surface area contributed by atoms with Gasteiger partial charge in [-0.05, 0) is 13.0 Å². The van der Waals surface area contributed by atoms with Gasteiger partial charge in [-0.2, -0.15) is 0 Å². The van der Waals surface area contributed by atoms with Crippen LogP contribution in [0.15, 0.2) is 17.1 Å². The fourth-order valence-electron chi connectivity index (χ4n) is 2.63. The highest BCUT2D eigenvalue weighted by Gasteiger charge is 2.20. The highest BCUT2D eigenvalue weighted by molar-refractivity contribution is 6.06. The summed E-state index contributed by atoms with van der Waals surface area (Å²) in [6, 6.07) is 1.54. The van der Waals surface area contributed by atoms with E-state index in [1.54, 1.807) is 22.4 Å². The van der Waals surface area contributed by atoms with Crippen LogP contribution in [0.5, 0.6) is 5.75 Å². The van der Waals surface area contributed by atoms with Gasteiger partial charge in [0.05, 0.1) is 18.0 Å². The lowest BCUT2D eigenvalue weighted by Crippen LogP contribution is -2.19. The smallest absolute Gasteiger partial charge is 0.341 e. The maximum absolute atomic E-state index is 12.5. The lowest BCUT2D eigenvalue weighted by atomic mass is 10.1. The molecule has 0 aliphatic rings. The minimum Gasteiger partial charge on any atom is -0.494 e. The molecule has 1 N–H and O–H groups in total. The predicted octanol–water partition coefficient (Wildman–Crippen LogP) is 1.01. The Morgan fingerprint density at radius 3 is 2.73 bits per heavy atom. The van der Waals surface area contributed by atoms with Crippen molar-refractivity contribution in [2.24, 2.45) is 7.05 Å². The molecule has 2 aromatic heterocycles. The Morgan fingerprint density at radius 1 is 1.41 bits per heavy atom. The first kappa shape index (κ1) is 14.1. The quantitative estimate of drug-likeness (QED) is 0.775. The molecule has 0 aliphatic carbocycles. The summed E-state index contributed by atoms with van der Waals surface area (Å²) in [5.41, 5.74) is 0.881. The highest BCUT2D eigenvalue weighted by atomic mass is 16.5. The molecule has 0 spiro atoms. The SMILES string of the molecule is CCn1cc(C(=O)O)c(=O)c2cc(OC)c3c(nnn3C)c21. The Hall–Kier alpha value is -2.90. The van der Waals surface area contributed by atoms with E-state index in [4.69, 9.17) is 4.74 Å². The summed E-state index contributed by atoms with van der Waals surface area (Å²) in [4.78, 5) is 23.7. The molecule has 3 rings (SSSR count). The lowest BCUT2D eigenvalue weighted by Gasteiger charge is -2.12. The zero-order valence-electron chi connectivity index (χ0n) is 12.3. The second-order valence-corrected chi connectivity index (χ2v) is 4.85. The molecule has 0 radical (unpaired) electrons. The molecular weight excluding hydrogens is 288 g/mol. The summed E-state index contributed by atoms with van der Waals surface area (Å²) >= 11 is 0. The van der Waals surface area contributed by atoms with Gasteiger partial charge in [0, 0.05) is 19.8 Å². The molecule has 1 aromatic carbocycles. The second-order valence-electron chi connectivity index (χ2n) is 4.85. The summed E-state index contributed by atoms with van der Waals surface area (Å²) in [6.07, 6.45) is 1.34. The van der Waals surface area contributed by atoms with Gasteiger partial charge >= 0.3 is 5.97 Å². The third-order valence-corrected chi connectivity index (χ3v) is 3.67. The van der Waals surface area contributed by atoms with E-state index in [0.29, 0.717) is 28.8 Å². The van der Waals surface area contributed by atoms with E-state index in [-0.39, 0.29) is 10.9 Å². The normalized spacial score (nSPS) is 11.2. The van der Waals surface area contributed by atoms with Gasteiger partial charge in [-0.1, -0.05) is 5.21 Å². The first-order valence-electron chi connectivity index (χ1n) is 6.66. The van der Waals surface area contributed by atoms with Gasteiger partial charge in [0.15, 0.2) is 0 Å². The maximum Gasteiger partial charge on any atom is 0.341 e. The number of carboxylic acid groups (broad SMARTS) is 1. The van der Waals surface area contributed by atoms with Crippen LogP contribution in [0.2, 0.25) is 0 Å². The van der Waals surface area contributed by atoms with Crippen LogP contribution < -0.4 is 10.2 Å². The number of benzene rings is 1. The number of aromatic nitrogens is 4. The van der Waals surface area contributed by atoms with E-state index in [2.05, 4.69) is 10.3 Å². The van der Waals surface area contributed by atoms with Gasteiger partial charge in [0.2, 0.25) is 5.43 Å². The summed E-state index contributed by atoms with van der Waals surface area (Å²) < 4.78 is 8.56. The number of hydrogen-bond donors (Lipinski definition) is 1. The van der Waals surface area contributed by atoms with Gasteiger partial charge in [-0.3, -0.25) is 4.79 Å². The van der Waals surface area contributed by atoms with Crippen LogP contribution in [-0.4, -0.2) is 37.7 Å². The van der Waals surface area contributed by atoms with Crippen molar-refractivity contribution in [3.63, 3.8) is 0 Å². The zero-order chi connectivity index (χ0) is 16.0. The van der Waals surface area contributed by atoms with Gasteiger partial charge in [0.1, 0.15) is 22.3 Å². The lowest BCUT2D eigenvalue weighted by molar-refractivity contribution is 0.0695. The first-order valence-corrected chi connectivity index (χ1v) is 6.66. The van der Waals surface area contributed by atoms with E-state index < -0.39 is 11.4 Å². The van der Waals surface area contributed by atoms with Crippen molar-refractivity contribution in [1.82, 2.24) is 19.6 Å². The number of aromatic carboxylic acids is 1. The molecule has 3 aromatic rings. The molecule has 0 bridgehead atoms. The number of carboxylic acids is 1. The van der Waals surface area contributed by atoms with E-state index in [0.717, 1.165) is 0 Å². The van der Waals surface area contributed by atoms with E-state index in [1.165, 1.54) is 13.3 Å². The number of pyridine rings is 1. The first-order chi connectivity index (χ1) is 10.5. The number of methoxy groups -OCH3 is 1. The molecule has 0 fully saturated rings. The Kier molecular flexibility index (Phi) is 3.09. The molecule has 22 heavy (non-hydrogen) atoms. The fourth-order valence-corrected chi connectivity index (χ4v) is 2.63. The minimum absolute atomic E-state index is 0.256. The molecule has 0 saturated carbocycles. The fraction of sp³-hybridized carbons (Fsp3) is 0.286. The van der Waals surface area contributed by atoms with Crippen molar-refractivity contribution in [1.29, 1.82) is 0 Å².